The van der Waals surface area contributed by atoms with Gasteiger partial charge in [0.1, 0.15) is 5.52 Å². The summed E-state index contributed by atoms with van der Waals surface area (Å²) in [5, 5.41) is 3.43. The molecule has 0 aliphatic heterocycles. The van der Waals surface area contributed by atoms with E-state index in [4.69, 9.17) is 4.42 Å². The Bertz CT molecular complexity index is 731. The third-order valence-electron chi connectivity index (χ3n) is 3.31. The molecule has 0 unspecified atom stereocenters. The first-order valence-electron chi connectivity index (χ1n) is 6.93. The van der Waals surface area contributed by atoms with Gasteiger partial charge in [0, 0.05) is 18.7 Å². The molecule has 0 radical (unpaired) electrons. The van der Waals surface area contributed by atoms with E-state index in [2.05, 4.69) is 41.5 Å². The van der Waals surface area contributed by atoms with E-state index in [1.54, 1.807) is 0 Å². The molecule has 1 N–H and O–H groups in total. The molecule has 3 nitrogen and oxygen atoms in total. The summed E-state index contributed by atoms with van der Waals surface area (Å²) in [6, 6.07) is 14.6. The molecule has 0 amide bonds. The molecule has 0 bridgehead atoms. The van der Waals surface area contributed by atoms with Gasteiger partial charge >= 0.3 is 0 Å². The van der Waals surface area contributed by atoms with Crippen molar-refractivity contribution < 1.29 is 4.42 Å². The average molecular weight is 266 g/mol. The highest BCUT2D eigenvalue weighted by molar-refractivity contribution is 5.77. The van der Waals surface area contributed by atoms with Crippen molar-refractivity contribution in [3.63, 3.8) is 0 Å². The Balaban J connectivity index is 1.77. The summed E-state index contributed by atoms with van der Waals surface area (Å²) in [5.41, 5.74) is 5.39. The lowest BCUT2D eigenvalue weighted by Crippen LogP contribution is -1.99. The minimum atomic E-state index is 0.788. The normalized spacial score (nSPS) is 10.9. The van der Waals surface area contributed by atoms with Gasteiger partial charge in [-0.1, -0.05) is 36.8 Å². The van der Waals surface area contributed by atoms with Crippen molar-refractivity contribution in [3.05, 3.63) is 59.5 Å². The highest BCUT2D eigenvalue weighted by atomic mass is 16.3. The monoisotopic (exact) mass is 266 g/mol. The standard InChI is InChI=1S/C17H18N2O/c1-3-17-19-15-10-14(7-8-16(15)20-17)18-11-13-6-4-5-12(2)9-13/h4-10,18H,3,11H2,1-2H3. The minimum Gasteiger partial charge on any atom is -0.441 e. The lowest BCUT2D eigenvalue weighted by Gasteiger charge is -2.06. The number of aromatic nitrogens is 1. The topological polar surface area (TPSA) is 38.1 Å². The predicted molar refractivity (Wildman–Crippen MR) is 81.9 cm³/mol. The van der Waals surface area contributed by atoms with Crippen LogP contribution >= 0.6 is 0 Å². The lowest BCUT2D eigenvalue weighted by molar-refractivity contribution is 0.538. The first-order chi connectivity index (χ1) is 9.74. The van der Waals surface area contributed by atoms with Gasteiger partial charge in [-0.25, -0.2) is 4.98 Å². The molecule has 0 saturated heterocycles. The largest absolute Gasteiger partial charge is 0.441 e. The number of fused-ring (bicyclic) bond motifs is 1. The zero-order valence-corrected chi connectivity index (χ0v) is 11.8. The summed E-state index contributed by atoms with van der Waals surface area (Å²) in [6.45, 7) is 4.96. The van der Waals surface area contributed by atoms with Crippen LogP contribution < -0.4 is 5.32 Å². The smallest absolute Gasteiger partial charge is 0.195 e. The van der Waals surface area contributed by atoms with Crippen molar-refractivity contribution in [3.8, 4) is 0 Å². The Morgan fingerprint density at radius 2 is 2.05 bits per heavy atom. The summed E-state index contributed by atoms with van der Waals surface area (Å²) in [7, 11) is 0. The van der Waals surface area contributed by atoms with Crippen LogP contribution in [0.15, 0.2) is 46.9 Å². The molecule has 1 aromatic heterocycles. The van der Waals surface area contributed by atoms with Gasteiger partial charge in [-0.2, -0.15) is 0 Å². The van der Waals surface area contributed by atoms with Gasteiger partial charge in [0.05, 0.1) is 0 Å². The molecule has 2 aromatic carbocycles. The van der Waals surface area contributed by atoms with Crippen molar-refractivity contribution in [2.24, 2.45) is 0 Å². The van der Waals surface area contributed by atoms with Crippen molar-refractivity contribution in [1.29, 1.82) is 0 Å². The molecule has 3 rings (SSSR count). The SMILES string of the molecule is CCc1nc2cc(NCc3cccc(C)c3)ccc2o1. The van der Waals surface area contributed by atoms with E-state index in [9.17, 15) is 0 Å². The minimum absolute atomic E-state index is 0.788. The lowest BCUT2D eigenvalue weighted by atomic mass is 10.1. The first kappa shape index (κ1) is 12.7. The van der Waals surface area contributed by atoms with Crippen LogP contribution in [0.5, 0.6) is 0 Å². The van der Waals surface area contributed by atoms with Crippen LogP contribution in [-0.2, 0) is 13.0 Å². The fourth-order valence-corrected chi connectivity index (χ4v) is 2.26. The fourth-order valence-electron chi connectivity index (χ4n) is 2.26. The number of hydrogen-bond donors (Lipinski definition) is 1. The van der Waals surface area contributed by atoms with Gasteiger partial charge in [0.15, 0.2) is 11.5 Å². The zero-order chi connectivity index (χ0) is 13.9. The van der Waals surface area contributed by atoms with E-state index < -0.39 is 0 Å². The second kappa shape index (κ2) is 5.37. The number of hydrogen-bond acceptors (Lipinski definition) is 3. The van der Waals surface area contributed by atoms with Crippen molar-refractivity contribution in [2.75, 3.05) is 5.32 Å². The number of oxazole rings is 1. The average Bonchev–Trinajstić information content (AvgIpc) is 2.87. The zero-order valence-electron chi connectivity index (χ0n) is 11.8. The van der Waals surface area contributed by atoms with Crippen LogP contribution in [0.4, 0.5) is 5.69 Å². The molecule has 102 valence electrons. The number of aryl methyl sites for hydroxylation is 2. The summed E-state index contributed by atoms with van der Waals surface area (Å²) >= 11 is 0. The quantitative estimate of drug-likeness (QED) is 0.764. The van der Waals surface area contributed by atoms with E-state index in [0.29, 0.717) is 0 Å². The third-order valence-corrected chi connectivity index (χ3v) is 3.31. The molecule has 0 aliphatic carbocycles. The maximum Gasteiger partial charge on any atom is 0.195 e. The van der Waals surface area contributed by atoms with Crippen LogP contribution in [0.25, 0.3) is 11.1 Å². The molecule has 0 atom stereocenters. The summed E-state index contributed by atoms with van der Waals surface area (Å²) in [6.07, 6.45) is 0.820. The Hall–Kier alpha value is -2.29. The molecule has 20 heavy (non-hydrogen) atoms. The van der Waals surface area contributed by atoms with E-state index in [1.807, 2.05) is 25.1 Å². The van der Waals surface area contributed by atoms with Crippen LogP contribution in [-0.4, -0.2) is 4.98 Å². The van der Waals surface area contributed by atoms with Gasteiger partial charge < -0.3 is 9.73 Å². The van der Waals surface area contributed by atoms with Crippen LogP contribution in [0.3, 0.4) is 0 Å². The Labute approximate surface area is 118 Å². The molecular formula is C17H18N2O. The van der Waals surface area contributed by atoms with E-state index in [-0.39, 0.29) is 0 Å². The predicted octanol–water partition coefficient (Wildman–Crippen LogP) is 4.31. The van der Waals surface area contributed by atoms with Gasteiger partial charge in [0.25, 0.3) is 0 Å². The van der Waals surface area contributed by atoms with Crippen LogP contribution in [0, 0.1) is 6.92 Å². The van der Waals surface area contributed by atoms with E-state index >= 15 is 0 Å². The number of rotatable bonds is 4. The highest BCUT2D eigenvalue weighted by Crippen LogP contribution is 2.20. The maximum atomic E-state index is 5.61. The summed E-state index contributed by atoms with van der Waals surface area (Å²) in [4.78, 5) is 4.45. The summed E-state index contributed by atoms with van der Waals surface area (Å²) in [5.74, 6) is 0.788. The molecule has 0 aliphatic rings. The molecule has 1 heterocycles. The van der Waals surface area contributed by atoms with Gasteiger partial charge in [-0.05, 0) is 30.7 Å². The number of nitrogens with zero attached hydrogens (tertiary/aromatic N) is 1. The summed E-state index contributed by atoms with van der Waals surface area (Å²) < 4.78 is 5.61. The molecule has 3 heteroatoms. The van der Waals surface area contributed by atoms with Gasteiger partial charge in [0.2, 0.25) is 0 Å². The molecule has 3 aromatic rings. The first-order valence-corrected chi connectivity index (χ1v) is 6.93. The van der Waals surface area contributed by atoms with Crippen molar-refractivity contribution in [2.45, 2.75) is 26.8 Å². The van der Waals surface area contributed by atoms with Crippen LogP contribution in [0.1, 0.15) is 23.9 Å². The fraction of sp³-hybridized carbons (Fsp3) is 0.235. The molecule has 0 spiro atoms. The number of anilines is 1. The Morgan fingerprint density at radius 1 is 1.15 bits per heavy atom. The number of nitrogens with one attached hydrogen (secondary N) is 1. The highest BCUT2D eigenvalue weighted by Gasteiger charge is 2.04. The Morgan fingerprint density at radius 3 is 2.85 bits per heavy atom. The molecule has 0 saturated carbocycles. The maximum absolute atomic E-state index is 5.61. The van der Waals surface area contributed by atoms with Gasteiger partial charge in [-0.3, -0.25) is 0 Å². The molecule has 0 fully saturated rings. The second-order valence-electron chi connectivity index (χ2n) is 4.99. The third kappa shape index (κ3) is 2.67. The van der Waals surface area contributed by atoms with E-state index in [0.717, 1.165) is 35.6 Å². The van der Waals surface area contributed by atoms with Crippen LogP contribution in [0.2, 0.25) is 0 Å². The molecular weight excluding hydrogens is 248 g/mol. The van der Waals surface area contributed by atoms with E-state index in [1.165, 1.54) is 11.1 Å². The Kier molecular flexibility index (Phi) is 3.42. The second-order valence-corrected chi connectivity index (χ2v) is 4.99. The van der Waals surface area contributed by atoms with Crippen molar-refractivity contribution in [1.82, 2.24) is 4.98 Å². The number of benzene rings is 2. The van der Waals surface area contributed by atoms with Gasteiger partial charge in [-0.15, -0.1) is 0 Å². The van der Waals surface area contributed by atoms with Crippen molar-refractivity contribution >= 4 is 16.8 Å².